The molecule has 13 aromatic carbocycles. The Hall–Kier alpha value is -8.58. The van der Waals surface area contributed by atoms with Gasteiger partial charge in [-0.05, 0) is 154 Å². The second-order valence-corrected chi connectivity index (χ2v) is 18.1. The van der Waals surface area contributed by atoms with E-state index < -0.39 is 0 Å². The van der Waals surface area contributed by atoms with Gasteiger partial charge in [-0.15, -0.1) is 0 Å². The summed E-state index contributed by atoms with van der Waals surface area (Å²) in [6.45, 7) is 0. The van der Waals surface area contributed by atoms with Crippen LogP contribution in [0.3, 0.4) is 0 Å². The summed E-state index contributed by atoms with van der Waals surface area (Å²) in [5.74, 6) is 0. The van der Waals surface area contributed by atoms with Crippen molar-refractivity contribution in [2.24, 2.45) is 0 Å². The van der Waals surface area contributed by atoms with Crippen molar-refractivity contribution in [3.05, 3.63) is 231 Å². The van der Waals surface area contributed by atoms with Crippen LogP contribution < -0.4 is 0 Å². The minimum absolute atomic E-state index is 1.22. The molecule has 0 N–H and O–H groups in total. The van der Waals surface area contributed by atoms with Gasteiger partial charge in [-0.3, -0.25) is 0 Å². The minimum atomic E-state index is 1.22. The molecule has 2 aliphatic rings. The molecule has 0 aliphatic heterocycles. The quantitative estimate of drug-likeness (QED) is 0.120. The van der Waals surface area contributed by atoms with Gasteiger partial charge in [0.2, 0.25) is 0 Å². The normalized spacial score (nSPS) is 12.2. The predicted octanol–water partition coefficient (Wildman–Crippen LogP) is 18.5. The molecule has 0 radical (unpaired) electrons. The van der Waals surface area contributed by atoms with Gasteiger partial charge in [0.05, 0.1) is 0 Å². The zero-order chi connectivity index (χ0) is 43.0. The van der Waals surface area contributed by atoms with Crippen LogP contribution in [0.25, 0.3) is 154 Å². The van der Waals surface area contributed by atoms with Crippen LogP contribution in [0, 0.1) is 0 Å². The maximum Gasteiger partial charge on any atom is -0.000718 e. The van der Waals surface area contributed by atoms with E-state index in [1.54, 1.807) is 0 Å². The monoisotopic (exact) mass is 830 g/mol. The Morgan fingerprint density at radius 2 is 0.455 bits per heavy atom. The minimum Gasteiger partial charge on any atom is -0.0622 e. The Balaban J connectivity index is 1.06. The Morgan fingerprint density at radius 3 is 0.909 bits per heavy atom. The third-order valence-electron chi connectivity index (χ3n) is 14.9. The van der Waals surface area contributed by atoms with Crippen LogP contribution in [-0.4, -0.2) is 0 Å². The largest absolute Gasteiger partial charge is 0.0622 e. The molecule has 0 heteroatoms. The lowest BCUT2D eigenvalue weighted by Gasteiger charge is -2.22. The van der Waals surface area contributed by atoms with Crippen molar-refractivity contribution in [3.8, 4) is 100 Å². The zero-order valence-electron chi connectivity index (χ0n) is 35.9. The highest BCUT2D eigenvalue weighted by atomic mass is 14.4. The molecule has 0 spiro atoms. The third kappa shape index (κ3) is 4.72. The highest BCUT2D eigenvalue weighted by Gasteiger charge is 2.34. The van der Waals surface area contributed by atoms with Gasteiger partial charge in [0.15, 0.2) is 0 Å². The van der Waals surface area contributed by atoms with Gasteiger partial charge in [0, 0.05) is 0 Å². The van der Waals surface area contributed by atoms with E-state index in [1.165, 1.54) is 154 Å². The van der Waals surface area contributed by atoms with Crippen LogP contribution in [0.2, 0.25) is 0 Å². The summed E-state index contributed by atoms with van der Waals surface area (Å²) in [4.78, 5) is 0. The van der Waals surface area contributed by atoms with Gasteiger partial charge < -0.3 is 0 Å². The molecule has 0 saturated heterocycles. The van der Waals surface area contributed by atoms with E-state index in [1.807, 2.05) is 0 Å². The van der Waals surface area contributed by atoms with Gasteiger partial charge >= 0.3 is 0 Å². The Labute approximate surface area is 382 Å². The van der Waals surface area contributed by atoms with E-state index >= 15 is 0 Å². The number of hydrogen-bond acceptors (Lipinski definition) is 0. The van der Waals surface area contributed by atoms with Crippen LogP contribution >= 0.6 is 0 Å². The topological polar surface area (TPSA) is 0 Å². The maximum atomic E-state index is 2.46. The number of fused-ring (bicyclic) bond motifs is 9. The van der Waals surface area contributed by atoms with Gasteiger partial charge in [0.1, 0.15) is 0 Å². The van der Waals surface area contributed by atoms with E-state index in [2.05, 4.69) is 231 Å². The zero-order valence-corrected chi connectivity index (χ0v) is 35.9. The molecule has 2 aliphatic carbocycles. The molecule has 66 heavy (non-hydrogen) atoms. The van der Waals surface area contributed by atoms with E-state index in [-0.39, 0.29) is 0 Å². The molecule has 0 amide bonds. The number of benzene rings is 13. The fraction of sp³-hybridized carbons (Fsp3) is 0. The SMILES string of the molecule is c1ccc(-c2ccccc2-c2c3c(c(-c4ccccc4)c4ccccc24)-c2ccc4c5ccc6c7c(ccc(c8ccc-3c2c48)c75)-c2c(-c3ccccc3)ccc(-c3ccccc3)c2-6)cc1. The summed E-state index contributed by atoms with van der Waals surface area (Å²) in [6.07, 6.45) is 0. The van der Waals surface area contributed by atoms with Crippen molar-refractivity contribution in [1.29, 1.82) is 0 Å². The fourth-order valence-electron chi connectivity index (χ4n) is 12.3. The van der Waals surface area contributed by atoms with E-state index in [9.17, 15) is 0 Å². The lowest BCUT2D eigenvalue weighted by molar-refractivity contribution is 1.59. The van der Waals surface area contributed by atoms with Crippen molar-refractivity contribution in [3.63, 3.8) is 0 Å². The van der Waals surface area contributed by atoms with Gasteiger partial charge in [-0.25, -0.2) is 0 Å². The Bertz CT molecular complexity index is 4040. The van der Waals surface area contributed by atoms with Crippen molar-refractivity contribution in [2.75, 3.05) is 0 Å². The van der Waals surface area contributed by atoms with Crippen molar-refractivity contribution in [1.82, 2.24) is 0 Å². The molecule has 0 aromatic heterocycles. The van der Waals surface area contributed by atoms with Gasteiger partial charge in [-0.2, -0.15) is 0 Å². The second-order valence-electron chi connectivity index (χ2n) is 18.1. The number of rotatable bonds is 5. The van der Waals surface area contributed by atoms with Crippen molar-refractivity contribution in [2.45, 2.75) is 0 Å². The molecule has 0 fully saturated rings. The summed E-state index contributed by atoms with van der Waals surface area (Å²) in [7, 11) is 0. The highest BCUT2D eigenvalue weighted by Crippen LogP contribution is 2.62. The third-order valence-corrected chi connectivity index (χ3v) is 14.9. The molecular formula is C66H38. The summed E-state index contributed by atoms with van der Waals surface area (Å²) in [5, 5.41) is 13.2. The first-order chi connectivity index (χ1) is 32.8. The first-order valence-corrected chi connectivity index (χ1v) is 23.1. The first-order valence-electron chi connectivity index (χ1n) is 23.1. The molecule has 13 aromatic rings. The van der Waals surface area contributed by atoms with E-state index in [4.69, 9.17) is 0 Å². The van der Waals surface area contributed by atoms with Crippen molar-refractivity contribution < 1.29 is 0 Å². The number of hydrogen-bond donors (Lipinski definition) is 0. The molecular weight excluding hydrogens is 793 g/mol. The predicted molar refractivity (Wildman–Crippen MR) is 281 cm³/mol. The highest BCUT2D eigenvalue weighted by molar-refractivity contribution is 6.42. The van der Waals surface area contributed by atoms with Crippen molar-refractivity contribution >= 4 is 53.9 Å². The van der Waals surface area contributed by atoms with Crippen LogP contribution in [0.1, 0.15) is 0 Å². The lowest BCUT2D eigenvalue weighted by Crippen LogP contribution is -1.95. The Morgan fingerprint density at radius 1 is 0.136 bits per heavy atom. The molecule has 0 nitrogen and oxygen atoms in total. The van der Waals surface area contributed by atoms with Gasteiger partial charge in [-0.1, -0.05) is 231 Å². The lowest BCUT2D eigenvalue weighted by atomic mass is 9.81. The molecule has 0 heterocycles. The summed E-state index contributed by atoms with van der Waals surface area (Å²) in [5.41, 5.74) is 23.2. The van der Waals surface area contributed by atoms with Crippen LogP contribution in [0.4, 0.5) is 0 Å². The standard InChI is InChI=1S/C66H38/c1-5-17-39(18-6-1)43-25-13-14-26-46(43)62-48-28-16-15-27-47(48)57(42-23-11-4-12-24-42)65-55-37-33-51-49-31-35-53-58-44(40-19-7-2-8-20-40)29-30-45(41-21-9-3-10-22-41)59(58)54-36-32-50(60(49)63(53)54)52-34-38-56(66(62)65)64(55)61(51)52/h1-38H. The molecule has 15 rings (SSSR count). The summed E-state index contributed by atoms with van der Waals surface area (Å²) < 4.78 is 0. The van der Waals surface area contributed by atoms with Gasteiger partial charge in [0.25, 0.3) is 0 Å². The average molecular weight is 831 g/mol. The molecule has 0 saturated carbocycles. The van der Waals surface area contributed by atoms with E-state index in [0.717, 1.165) is 0 Å². The van der Waals surface area contributed by atoms with E-state index in [0.29, 0.717) is 0 Å². The maximum absolute atomic E-state index is 2.46. The summed E-state index contributed by atoms with van der Waals surface area (Å²) in [6, 6.07) is 86.2. The molecule has 0 atom stereocenters. The second kappa shape index (κ2) is 13.5. The first kappa shape index (κ1) is 35.8. The van der Waals surface area contributed by atoms with Crippen LogP contribution in [-0.2, 0) is 0 Å². The Kier molecular flexibility index (Phi) is 7.31. The fourth-order valence-corrected chi connectivity index (χ4v) is 12.3. The molecule has 0 unspecified atom stereocenters. The molecule has 302 valence electrons. The smallest absolute Gasteiger partial charge is 0.000718 e. The van der Waals surface area contributed by atoms with Crippen LogP contribution in [0.15, 0.2) is 231 Å². The molecule has 0 bridgehead atoms. The van der Waals surface area contributed by atoms with Crippen LogP contribution in [0.5, 0.6) is 0 Å². The summed E-state index contributed by atoms with van der Waals surface area (Å²) >= 11 is 0. The average Bonchev–Trinajstić information content (AvgIpc) is 3.92.